The molecule has 0 atom stereocenters. The van der Waals surface area contributed by atoms with Crippen LogP contribution in [0.2, 0.25) is 0 Å². The van der Waals surface area contributed by atoms with Gasteiger partial charge < -0.3 is 18.6 Å². The molecule has 8 nitrogen and oxygen atoms in total. The zero-order chi connectivity index (χ0) is 17.1. The van der Waals surface area contributed by atoms with Gasteiger partial charge in [0.15, 0.2) is 11.5 Å². The Balaban J connectivity index is 1.35. The normalized spacial score (nSPS) is 15.3. The zero-order valence-electron chi connectivity index (χ0n) is 13.4. The zero-order valence-corrected chi connectivity index (χ0v) is 13.4. The highest BCUT2D eigenvalue weighted by Gasteiger charge is 2.27. The molecular weight excluding hydrogens is 324 g/mol. The molecule has 1 fully saturated rings. The molecule has 0 aliphatic carbocycles. The van der Waals surface area contributed by atoms with Crippen molar-refractivity contribution in [2.75, 3.05) is 13.1 Å². The van der Waals surface area contributed by atoms with Crippen LogP contribution in [0.25, 0.3) is 11.5 Å². The molecule has 0 radical (unpaired) electrons. The SMILES string of the molecule is O=C(c1cc(-c2ccco2)on1)N1CCC(Oc2cccnn2)CC1. The van der Waals surface area contributed by atoms with Gasteiger partial charge in [-0.3, -0.25) is 4.79 Å². The second-order valence-corrected chi connectivity index (χ2v) is 5.73. The number of carbonyl (C=O) groups is 1. The Bertz CT molecular complexity index is 823. The standard InChI is InChI=1S/C17H16N4O4/c22-17(13-11-15(25-20-13)14-3-2-10-23-14)21-8-5-12(6-9-21)24-16-4-1-7-18-19-16/h1-4,7,10-12H,5-6,8-9H2. The minimum Gasteiger partial charge on any atom is -0.473 e. The Morgan fingerprint density at radius 3 is 2.80 bits per heavy atom. The molecule has 1 aliphatic rings. The molecule has 3 aromatic rings. The Hall–Kier alpha value is -3.16. The third-order valence-electron chi connectivity index (χ3n) is 4.06. The average Bonchev–Trinajstić information content (AvgIpc) is 3.34. The van der Waals surface area contributed by atoms with Crippen molar-refractivity contribution in [3.63, 3.8) is 0 Å². The molecule has 0 spiro atoms. The maximum atomic E-state index is 12.6. The summed E-state index contributed by atoms with van der Waals surface area (Å²) in [4.78, 5) is 14.3. The second-order valence-electron chi connectivity index (χ2n) is 5.73. The smallest absolute Gasteiger partial charge is 0.276 e. The molecule has 0 aromatic carbocycles. The number of ether oxygens (including phenoxy) is 1. The van der Waals surface area contributed by atoms with Crippen LogP contribution in [0.3, 0.4) is 0 Å². The Labute approximate surface area is 143 Å². The highest BCUT2D eigenvalue weighted by Crippen LogP contribution is 2.23. The maximum Gasteiger partial charge on any atom is 0.276 e. The maximum absolute atomic E-state index is 12.6. The van der Waals surface area contributed by atoms with Crippen molar-refractivity contribution in [1.82, 2.24) is 20.3 Å². The number of carbonyl (C=O) groups excluding carboxylic acids is 1. The molecule has 25 heavy (non-hydrogen) atoms. The van der Waals surface area contributed by atoms with E-state index in [0.29, 0.717) is 30.5 Å². The van der Waals surface area contributed by atoms with Crippen LogP contribution in [0.15, 0.2) is 51.7 Å². The number of hydrogen-bond donors (Lipinski definition) is 0. The lowest BCUT2D eigenvalue weighted by Gasteiger charge is -2.31. The van der Waals surface area contributed by atoms with E-state index >= 15 is 0 Å². The molecule has 1 amide bonds. The van der Waals surface area contributed by atoms with E-state index in [1.807, 2.05) is 0 Å². The van der Waals surface area contributed by atoms with E-state index in [1.165, 1.54) is 0 Å². The largest absolute Gasteiger partial charge is 0.473 e. The van der Waals surface area contributed by atoms with Crippen LogP contribution >= 0.6 is 0 Å². The first-order valence-electron chi connectivity index (χ1n) is 8.04. The molecule has 1 saturated heterocycles. The van der Waals surface area contributed by atoms with Gasteiger partial charge in [0.25, 0.3) is 5.91 Å². The van der Waals surface area contributed by atoms with E-state index in [-0.39, 0.29) is 17.7 Å². The summed E-state index contributed by atoms with van der Waals surface area (Å²) in [5.41, 5.74) is 0.277. The molecule has 4 heterocycles. The number of nitrogens with zero attached hydrogens (tertiary/aromatic N) is 4. The van der Waals surface area contributed by atoms with Crippen molar-refractivity contribution < 1.29 is 18.5 Å². The molecule has 0 bridgehead atoms. The van der Waals surface area contributed by atoms with Crippen LogP contribution in [0.4, 0.5) is 0 Å². The van der Waals surface area contributed by atoms with Gasteiger partial charge in [-0.15, -0.1) is 5.10 Å². The van der Waals surface area contributed by atoms with E-state index in [2.05, 4.69) is 15.4 Å². The quantitative estimate of drug-likeness (QED) is 0.719. The lowest BCUT2D eigenvalue weighted by Crippen LogP contribution is -2.42. The van der Waals surface area contributed by atoms with E-state index < -0.39 is 0 Å². The Morgan fingerprint density at radius 1 is 1.20 bits per heavy atom. The van der Waals surface area contributed by atoms with Gasteiger partial charge in [0.05, 0.1) is 6.26 Å². The van der Waals surface area contributed by atoms with Crippen LogP contribution < -0.4 is 4.74 Å². The highest BCUT2D eigenvalue weighted by molar-refractivity contribution is 5.93. The Morgan fingerprint density at radius 2 is 2.08 bits per heavy atom. The first-order chi connectivity index (χ1) is 12.3. The molecule has 0 saturated carbocycles. The fourth-order valence-corrected chi connectivity index (χ4v) is 2.77. The first-order valence-corrected chi connectivity index (χ1v) is 8.04. The van der Waals surface area contributed by atoms with Crippen LogP contribution in [-0.4, -0.2) is 45.4 Å². The predicted molar refractivity (Wildman–Crippen MR) is 85.8 cm³/mol. The number of amides is 1. The average molecular weight is 340 g/mol. The monoisotopic (exact) mass is 340 g/mol. The molecule has 8 heteroatoms. The lowest BCUT2D eigenvalue weighted by atomic mass is 10.1. The van der Waals surface area contributed by atoms with Crippen LogP contribution in [0.5, 0.6) is 5.88 Å². The van der Waals surface area contributed by atoms with Gasteiger partial charge >= 0.3 is 0 Å². The minimum atomic E-state index is -0.153. The minimum absolute atomic E-state index is 0.0248. The predicted octanol–water partition coefficient (Wildman–Crippen LogP) is 2.41. The van der Waals surface area contributed by atoms with Crippen molar-refractivity contribution in [3.05, 3.63) is 48.5 Å². The molecule has 3 aromatic heterocycles. The van der Waals surface area contributed by atoms with Crippen molar-refractivity contribution in [2.45, 2.75) is 18.9 Å². The molecular formula is C17H16N4O4. The third kappa shape index (κ3) is 3.37. The first kappa shape index (κ1) is 15.4. The molecule has 1 aliphatic heterocycles. The molecule has 128 valence electrons. The van der Waals surface area contributed by atoms with E-state index in [9.17, 15) is 4.79 Å². The lowest BCUT2D eigenvalue weighted by molar-refractivity contribution is 0.0577. The van der Waals surface area contributed by atoms with Crippen molar-refractivity contribution in [3.8, 4) is 17.4 Å². The van der Waals surface area contributed by atoms with Crippen molar-refractivity contribution in [2.24, 2.45) is 0 Å². The number of furan rings is 1. The second kappa shape index (κ2) is 6.76. The van der Waals surface area contributed by atoms with Crippen LogP contribution in [-0.2, 0) is 0 Å². The van der Waals surface area contributed by atoms with E-state index in [0.717, 1.165) is 12.8 Å². The molecule has 0 unspecified atom stereocenters. The van der Waals surface area contributed by atoms with E-state index in [1.54, 1.807) is 47.7 Å². The molecule has 4 rings (SSSR count). The number of likely N-dealkylation sites (tertiary alicyclic amines) is 1. The van der Waals surface area contributed by atoms with Gasteiger partial charge in [-0.1, -0.05) is 5.16 Å². The van der Waals surface area contributed by atoms with Gasteiger partial charge in [-0.05, 0) is 18.2 Å². The van der Waals surface area contributed by atoms with Gasteiger partial charge in [-0.25, -0.2) is 0 Å². The van der Waals surface area contributed by atoms with Crippen LogP contribution in [0, 0.1) is 0 Å². The van der Waals surface area contributed by atoms with Crippen molar-refractivity contribution >= 4 is 5.91 Å². The number of hydrogen-bond acceptors (Lipinski definition) is 7. The molecule has 0 N–H and O–H groups in total. The fourth-order valence-electron chi connectivity index (χ4n) is 2.77. The van der Waals surface area contributed by atoms with E-state index in [4.69, 9.17) is 13.7 Å². The summed E-state index contributed by atoms with van der Waals surface area (Å²) in [6.07, 6.45) is 4.62. The van der Waals surface area contributed by atoms with Gasteiger partial charge in [0.1, 0.15) is 6.10 Å². The fraction of sp³-hybridized carbons (Fsp3) is 0.294. The summed E-state index contributed by atoms with van der Waals surface area (Å²) in [5.74, 6) is 1.34. The topological polar surface area (TPSA) is 94.5 Å². The summed E-state index contributed by atoms with van der Waals surface area (Å²) >= 11 is 0. The number of rotatable bonds is 4. The third-order valence-corrected chi connectivity index (χ3v) is 4.06. The van der Waals surface area contributed by atoms with Gasteiger partial charge in [0.2, 0.25) is 11.6 Å². The van der Waals surface area contributed by atoms with Crippen molar-refractivity contribution in [1.29, 1.82) is 0 Å². The van der Waals surface area contributed by atoms with Crippen LogP contribution in [0.1, 0.15) is 23.3 Å². The van der Waals surface area contributed by atoms with Gasteiger partial charge in [-0.2, -0.15) is 5.10 Å². The number of aromatic nitrogens is 3. The highest BCUT2D eigenvalue weighted by atomic mass is 16.5. The Kier molecular flexibility index (Phi) is 4.16. The summed E-state index contributed by atoms with van der Waals surface area (Å²) < 4.78 is 16.2. The number of piperidine rings is 1. The summed E-state index contributed by atoms with van der Waals surface area (Å²) in [6, 6.07) is 8.66. The van der Waals surface area contributed by atoms with Gasteiger partial charge in [0, 0.05) is 44.3 Å². The summed E-state index contributed by atoms with van der Waals surface area (Å²) in [5, 5.41) is 11.6. The summed E-state index contributed by atoms with van der Waals surface area (Å²) in [6.45, 7) is 1.18. The summed E-state index contributed by atoms with van der Waals surface area (Å²) in [7, 11) is 0.